The van der Waals surface area contributed by atoms with Gasteiger partial charge in [-0.15, -0.1) is 11.3 Å². The summed E-state index contributed by atoms with van der Waals surface area (Å²) in [5, 5.41) is 3.90. The molecule has 0 aliphatic rings. The molecule has 8 heteroatoms. The fourth-order valence-corrected chi connectivity index (χ4v) is 4.05. The van der Waals surface area contributed by atoms with Gasteiger partial charge >= 0.3 is 5.97 Å². The predicted molar refractivity (Wildman–Crippen MR) is 119 cm³/mol. The molecular formula is C23H19N3O4S. The molecule has 0 unspecified atom stereocenters. The molecule has 31 heavy (non-hydrogen) atoms. The summed E-state index contributed by atoms with van der Waals surface area (Å²) >= 11 is 1.31. The molecule has 1 N–H and O–H groups in total. The van der Waals surface area contributed by atoms with Crippen LogP contribution in [0.5, 0.6) is 5.88 Å². The van der Waals surface area contributed by atoms with Crippen LogP contribution in [0.1, 0.15) is 17.3 Å². The monoisotopic (exact) mass is 433 g/mol. The highest BCUT2D eigenvalue weighted by Gasteiger charge is 2.20. The highest BCUT2D eigenvalue weighted by molar-refractivity contribution is 7.20. The quantitative estimate of drug-likeness (QED) is 0.430. The van der Waals surface area contributed by atoms with E-state index in [-0.39, 0.29) is 13.2 Å². The first-order valence-corrected chi connectivity index (χ1v) is 10.5. The van der Waals surface area contributed by atoms with Gasteiger partial charge in [0.05, 0.1) is 23.1 Å². The largest absolute Gasteiger partial charge is 0.467 e. The summed E-state index contributed by atoms with van der Waals surface area (Å²) in [5.74, 6) is -0.573. The third kappa shape index (κ3) is 4.70. The molecule has 4 aromatic rings. The van der Waals surface area contributed by atoms with Crippen molar-refractivity contribution in [1.82, 2.24) is 9.97 Å². The van der Waals surface area contributed by atoms with Gasteiger partial charge in [0.15, 0.2) is 6.61 Å². The van der Waals surface area contributed by atoms with Crippen LogP contribution in [-0.4, -0.2) is 35.1 Å². The van der Waals surface area contributed by atoms with Crippen LogP contribution in [-0.2, 0) is 9.53 Å². The normalized spacial score (nSPS) is 10.6. The second kappa shape index (κ2) is 9.36. The zero-order chi connectivity index (χ0) is 21.6. The zero-order valence-corrected chi connectivity index (χ0v) is 17.5. The SMILES string of the molecule is CCOC(=O)c1cc(-c2ccccc2)sc1NC(=O)COc1ncnc2ccccc12. The molecular weight excluding hydrogens is 414 g/mol. The lowest BCUT2D eigenvalue weighted by Crippen LogP contribution is -2.21. The number of fused-ring (bicyclic) bond motifs is 1. The van der Waals surface area contributed by atoms with Gasteiger partial charge in [-0.1, -0.05) is 42.5 Å². The standard InChI is InChI=1S/C23H19N3O4S/c1-2-29-23(28)17-12-19(15-8-4-3-5-9-15)31-22(17)26-20(27)13-30-21-16-10-6-7-11-18(16)24-14-25-21/h3-12,14H,2,13H2,1H3,(H,26,27). The maximum absolute atomic E-state index is 12.6. The van der Waals surface area contributed by atoms with Crippen LogP contribution in [0.15, 0.2) is 67.0 Å². The molecule has 0 atom stereocenters. The van der Waals surface area contributed by atoms with E-state index >= 15 is 0 Å². The van der Waals surface area contributed by atoms with E-state index in [0.29, 0.717) is 21.8 Å². The highest BCUT2D eigenvalue weighted by Crippen LogP contribution is 2.36. The van der Waals surface area contributed by atoms with E-state index in [9.17, 15) is 9.59 Å². The molecule has 2 aromatic heterocycles. The number of hydrogen-bond donors (Lipinski definition) is 1. The van der Waals surface area contributed by atoms with Gasteiger partial charge in [-0.05, 0) is 30.7 Å². The average molecular weight is 433 g/mol. The van der Waals surface area contributed by atoms with Crippen molar-refractivity contribution >= 4 is 39.1 Å². The molecule has 1 amide bonds. The lowest BCUT2D eigenvalue weighted by atomic mass is 10.1. The Morgan fingerprint density at radius 3 is 2.61 bits per heavy atom. The van der Waals surface area contributed by atoms with E-state index in [1.807, 2.05) is 54.6 Å². The molecule has 0 aliphatic heterocycles. The molecule has 2 heterocycles. The number of hydrogen-bond acceptors (Lipinski definition) is 7. The van der Waals surface area contributed by atoms with Gasteiger partial charge in [0.25, 0.3) is 5.91 Å². The number of ether oxygens (including phenoxy) is 2. The summed E-state index contributed by atoms with van der Waals surface area (Å²) in [7, 11) is 0. The van der Waals surface area contributed by atoms with Crippen molar-refractivity contribution in [2.45, 2.75) is 6.92 Å². The van der Waals surface area contributed by atoms with E-state index in [2.05, 4.69) is 15.3 Å². The molecule has 4 rings (SSSR count). The second-order valence-electron chi connectivity index (χ2n) is 6.47. The summed E-state index contributed by atoms with van der Waals surface area (Å²) < 4.78 is 10.8. The number of anilines is 1. The van der Waals surface area contributed by atoms with E-state index in [1.165, 1.54) is 17.7 Å². The molecule has 7 nitrogen and oxygen atoms in total. The van der Waals surface area contributed by atoms with E-state index in [0.717, 1.165) is 16.0 Å². The first kappa shape index (κ1) is 20.5. The Morgan fingerprint density at radius 1 is 1.03 bits per heavy atom. The Bertz CT molecular complexity index is 1220. The highest BCUT2D eigenvalue weighted by atomic mass is 32.1. The number of carbonyl (C=O) groups is 2. The topological polar surface area (TPSA) is 90.4 Å². The fraction of sp³-hybridized carbons (Fsp3) is 0.130. The van der Waals surface area contributed by atoms with Gasteiger partial charge in [0.2, 0.25) is 5.88 Å². The van der Waals surface area contributed by atoms with Crippen molar-refractivity contribution in [1.29, 1.82) is 0 Å². The molecule has 0 saturated carbocycles. The number of esters is 1. The van der Waals surface area contributed by atoms with Crippen LogP contribution in [0, 0.1) is 0 Å². The maximum atomic E-state index is 12.6. The maximum Gasteiger partial charge on any atom is 0.341 e. The first-order valence-electron chi connectivity index (χ1n) is 9.64. The Morgan fingerprint density at radius 2 is 1.81 bits per heavy atom. The molecule has 0 spiro atoms. The van der Waals surface area contributed by atoms with Crippen molar-refractivity contribution in [2.24, 2.45) is 0 Å². The Labute approximate surface area is 182 Å². The van der Waals surface area contributed by atoms with Crippen LogP contribution in [0.2, 0.25) is 0 Å². The van der Waals surface area contributed by atoms with Crippen LogP contribution >= 0.6 is 11.3 Å². The summed E-state index contributed by atoms with van der Waals surface area (Å²) in [6.45, 7) is 1.72. The molecule has 0 bridgehead atoms. The Balaban J connectivity index is 1.52. The smallest absolute Gasteiger partial charge is 0.341 e. The molecule has 0 radical (unpaired) electrons. The lowest BCUT2D eigenvalue weighted by Gasteiger charge is -2.08. The van der Waals surface area contributed by atoms with E-state index in [4.69, 9.17) is 9.47 Å². The minimum atomic E-state index is -0.487. The molecule has 2 aromatic carbocycles. The average Bonchev–Trinajstić information content (AvgIpc) is 3.22. The fourth-order valence-electron chi connectivity index (χ4n) is 2.98. The third-order valence-corrected chi connectivity index (χ3v) is 5.48. The minimum absolute atomic E-state index is 0.243. The van der Waals surface area contributed by atoms with Gasteiger partial charge in [-0.3, -0.25) is 4.79 Å². The number of thiophene rings is 1. The number of amides is 1. The number of nitrogens with zero attached hydrogens (tertiary/aromatic N) is 2. The minimum Gasteiger partial charge on any atom is -0.467 e. The molecule has 156 valence electrons. The van der Waals surface area contributed by atoms with Crippen LogP contribution in [0.3, 0.4) is 0 Å². The summed E-state index contributed by atoms with van der Waals surface area (Å²) in [5.41, 5.74) is 1.98. The number of carbonyl (C=O) groups excluding carboxylic acids is 2. The van der Waals surface area contributed by atoms with E-state index < -0.39 is 11.9 Å². The van der Waals surface area contributed by atoms with E-state index in [1.54, 1.807) is 13.0 Å². The van der Waals surface area contributed by atoms with Crippen molar-refractivity contribution in [3.63, 3.8) is 0 Å². The number of nitrogens with one attached hydrogen (secondary N) is 1. The van der Waals surface area contributed by atoms with Crippen LogP contribution in [0.25, 0.3) is 21.3 Å². The van der Waals surface area contributed by atoms with Crippen molar-refractivity contribution < 1.29 is 19.1 Å². The Kier molecular flexibility index (Phi) is 6.18. The zero-order valence-electron chi connectivity index (χ0n) is 16.7. The third-order valence-electron chi connectivity index (χ3n) is 4.38. The lowest BCUT2D eigenvalue weighted by molar-refractivity contribution is -0.118. The summed E-state index contributed by atoms with van der Waals surface area (Å²) in [6.07, 6.45) is 1.39. The van der Waals surface area contributed by atoms with Gasteiger partial charge < -0.3 is 14.8 Å². The number of benzene rings is 2. The second-order valence-corrected chi connectivity index (χ2v) is 7.52. The molecule has 0 aliphatic carbocycles. The van der Waals surface area contributed by atoms with Gasteiger partial charge in [0.1, 0.15) is 11.3 Å². The summed E-state index contributed by atoms with van der Waals surface area (Å²) in [6, 6.07) is 18.7. The van der Waals surface area contributed by atoms with Crippen LogP contribution in [0.4, 0.5) is 5.00 Å². The number of para-hydroxylation sites is 1. The molecule has 0 saturated heterocycles. The number of rotatable bonds is 7. The van der Waals surface area contributed by atoms with Gasteiger partial charge in [-0.2, -0.15) is 0 Å². The number of aromatic nitrogens is 2. The van der Waals surface area contributed by atoms with Crippen molar-refractivity contribution in [2.75, 3.05) is 18.5 Å². The summed E-state index contributed by atoms with van der Waals surface area (Å²) in [4.78, 5) is 34.1. The van der Waals surface area contributed by atoms with Crippen molar-refractivity contribution in [3.8, 4) is 16.3 Å². The van der Waals surface area contributed by atoms with Gasteiger partial charge in [0, 0.05) is 4.88 Å². The van der Waals surface area contributed by atoms with Gasteiger partial charge in [-0.25, -0.2) is 14.8 Å². The van der Waals surface area contributed by atoms with Crippen molar-refractivity contribution in [3.05, 3.63) is 72.6 Å². The predicted octanol–water partition coefficient (Wildman–Crippen LogP) is 4.55. The Hall–Kier alpha value is -3.78. The first-order chi connectivity index (χ1) is 15.2. The molecule has 0 fully saturated rings. The van der Waals surface area contributed by atoms with Crippen LogP contribution < -0.4 is 10.1 Å².